The van der Waals surface area contributed by atoms with Crippen LogP contribution in [0.15, 0.2) is 36.2 Å². The number of hydrogen-bond donors (Lipinski definition) is 1. The van der Waals surface area contributed by atoms with E-state index >= 15 is 0 Å². The summed E-state index contributed by atoms with van der Waals surface area (Å²) in [5.41, 5.74) is 4.98. The number of anilines is 1. The summed E-state index contributed by atoms with van der Waals surface area (Å²) >= 11 is 0. The van der Waals surface area contributed by atoms with E-state index in [4.69, 9.17) is 4.74 Å². The number of carbonyl (C=O) groups is 1. The van der Waals surface area contributed by atoms with Crippen molar-refractivity contribution in [1.82, 2.24) is 9.97 Å². The van der Waals surface area contributed by atoms with Crippen LogP contribution >= 0.6 is 0 Å². The molecule has 0 amide bonds. The molecule has 5 heteroatoms. The molecule has 1 fully saturated rings. The predicted molar refractivity (Wildman–Crippen MR) is 97.2 cm³/mol. The Balaban J connectivity index is 2.07. The molecule has 1 N–H and O–H groups in total. The maximum atomic E-state index is 11.6. The highest BCUT2D eigenvalue weighted by molar-refractivity contribution is 6.02. The molecule has 1 saturated heterocycles. The average molecular weight is 325 g/mol. The predicted octanol–water partition coefficient (Wildman–Crippen LogP) is 3.34. The fourth-order valence-corrected chi connectivity index (χ4v) is 2.95. The van der Waals surface area contributed by atoms with Gasteiger partial charge in [0, 0.05) is 30.2 Å². The van der Waals surface area contributed by atoms with Gasteiger partial charge >= 0.3 is 0 Å². The van der Waals surface area contributed by atoms with Gasteiger partial charge in [-0.1, -0.05) is 11.6 Å². The van der Waals surface area contributed by atoms with Gasteiger partial charge in [0.2, 0.25) is 0 Å². The average Bonchev–Trinajstić information content (AvgIpc) is 2.97. The highest BCUT2D eigenvalue weighted by Crippen LogP contribution is 2.29. The number of hydrogen-bond acceptors (Lipinski definition) is 4. The third-order valence-corrected chi connectivity index (χ3v) is 4.01. The van der Waals surface area contributed by atoms with Gasteiger partial charge in [0.25, 0.3) is 0 Å². The summed E-state index contributed by atoms with van der Waals surface area (Å²) in [6.45, 7) is 8.86. The first-order valence-corrected chi connectivity index (χ1v) is 8.22. The fourth-order valence-electron chi connectivity index (χ4n) is 2.95. The number of nitrogens with one attached hydrogen (secondary N) is 1. The van der Waals surface area contributed by atoms with Gasteiger partial charge in [0.15, 0.2) is 5.78 Å². The number of aromatic nitrogens is 2. The van der Waals surface area contributed by atoms with E-state index < -0.39 is 0 Å². The first-order chi connectivity index (χ1) is 11.5. The number of ether oxygens (including phenoxy) is 1. The molecule has 1 aliphatic heterocycles. The van der Waals surface area contributed by atoms with Gasteiger partial charge in [-0.15, -0.1) is 0 Å². The van der Waals surface area contributed by atoms with Crippen LogP contribution in [-0.2, 0) is 9.53 Å². The highest BCUT2D eigenvalue weighted by atomic mass is 16.5. The molecule has 0 unspecified atom stereocenters. The van der Waals surface area contributed by atoms with Crippen molar-refractivity contribution in [1.29, 1.82) is 0 Å². The minimum atomic E-state index is 0.0362. The summed E-state index contributed by atoms with van der Waals surface area (Å²) in [4.78, 5) is 21.7. The number of nitrogens with zero attached hydrogens (tertiary/aromatic N) is 2. The maximum Gasteiger partial charge on any atom is 0.153 e. The van der Waals surface area contributed by atoms with Crippen LogP contribution in [0, 0.1) is 0 Å². The normalized spacial score (nSPS) is 15.6. The van der Waals surface area contributed by atoms with Crippen LogP contribution in [0.3, 0.4) is 0 Å². The zero-order valence-corrected chi connectivity index (χ0v) is 14.4. The van der Waals surface area contributed by atoms with Crippen molar-refractivity contribution in [2.24, 2.45) is 0 Å². The Morgan fingerprint density at radius 1 is 1.25 bits per heavy atom. The minimum absolute atomic E-state index is 0.0362. The molecule has 3 rings (SSSR count). The molecule has 2 aromatic rings. The quantitative estimate of drug-likeness (QED) is 0.692. The SMILES string of the molecule is CC(=O)/C=C(\C=C(C)C)c1c[nH]c2ncc(N3CCOCC3)cc12. The third-order valence-electron chi connectivity index (χ3n) is 4.01. The molecule has 0 atom stereocenters. The molecule has 0 aromatic carbocycles. The molecule has 5 nitrogen and oxygen atoms in total. The Morgan fingerprint density at radius 2 is 2.00 bits per heavy atom. The van der Waals surface area contributed by atoms with Crippen LogP contribution in [0.25, 0.3) is 16.6 Å². The number of ketones is 1. The van der Waals surface area contributed by atoms with Crippen LogP contribution in [0.4, 0.5) is 5.69 Å². The first kappa shape index (κ1) is 16.5. The number of aromatic amines is 1. The minimum Gasteiger partial charge on any atom is -0.378 e. The Labute approximate surface area is 142 Å². The lowest BCUT2D eigenvalue weighted by molar-refractivity contribution is -0.112. The van der Waals surface area contributed by atoms with Crippen LogP contribution in [-0.4, -0.2) is 42.1 Å². The van der Waals surface area contributed by atoms with Crippen molar-refractivity contribution in [2.75, 3.05) is 31.2 Å². The molecule has 0 aliphatic carbocycles. The van der Waals surface area contributed by atoms with Gasteiger partial charge in [-0.25, -0.2) is 4.98 Å². The van der Waals surface area contributed by atoms with Gasteiger partial charge in [0.1, 0.15) is 5.65 Å². The maximum absolute atomic E-state index is 11.6. The second-order valence-electron chi connectivity index (χ2n) is 6.32. The van der Waals surface area contributed by atoms with Gasteiger partial charge in [-0.3, -0.25) is 4.79 Å². The van der Waals surface area contributed by atoms with E-state index in [1.807, 2.05) is 32.3 Å². The molecule has 3 heterocycles. The number of H-pyrrole nitrogens is 1. The van der Waals surface area contributed by atoms with Crippen LogP contribution in [0.2, 0.25) is 0 Å². The van der Waals surface area contributed by atoms with Crippen LogP contribution in [0.1, 0.15) is 26.3 Å². The summed E-state index contributed by atoms with van der Waals surface area (Å²) in [5, 5.41) is 1.03. The van der Waals surface area contributed by atoms with E-state index in [1.54, 1.807) is 13.0 Å². The number of rotatable bonds is 4. The Kier molecular flexibility index (Phi) is 4.81. The zero-order chi connectivity index (χ0) is 17.1. The van der Waals surface area contributed by atoms with Crippen molar-refractivity contribution in [2.45, 2.75) is 20.8 Å². The molecule has 0 bridgehead atoms. The van der Waals surface area contributed by atoms with Crippen molar-refractivity contribution in [3.05, 3.63) is 41.7 Å². The van der Waals surface area contributed by atoms with E-state index in [0.29, 0.717) is 0 Å². The summed E-state index contributed by atoms with van der Waals surface area (Å²) < 4.78 is 5.42. The molecular weight excluding hydrogens is 302 g/mol. The second kappa shape index (κ2) is 7.01. The van der Waals surface area contributed by atoms with Crippen molar-refractivity contribution in [3.63, 3.8) is 0 Å². The van der Waals surface area contributed by atoms with E-state index in [0.717, 1.165) is 59.7 Å². The lowest BCUT2D eigenvalue weighted by Crippen LogP contribution is -2.36. The topological polar surface area (TPSA) is 58.2 Å². The molecule has 24 heavy (non-hydrogen) atoms. The zero-order valence-electron chi connectivity index (χ0n) is 14.4. The van der Waals surface area contributed by atoms with Crippen molar-refractivity contribution in [3.8, 4) is 0 Å². The number of allylic oxidation sites excluding steroid dienone is 4. The Bertz CT molecular complexity index is 807. The molecule has 0 radical (unpaired) electrons. The third kappa shape index (κ3) is 3.57. The van der Waals surface area contributed by atoms with Crippen molar-refractivity contribution < 1.29 is 9.53 Å². The summed E-state index contributed by atoms with van der Waals surface area (Å²) in [6.07, 6.45) is 7.53. The first-order valence-electron chi connectivity index (χ1n) is 8.22. The van der Waals surface area contributed by atoms with Gasteiger partial charge < -0.3 is 14.6 Å². The lowest BCUT2D eigenvalue weighted by atomic mass is 10.0. The smallest absolute Gasteiger partial charge is 0.153 e. The van der Waals surface area contributed by atoms with Gasteiger partial charge in [-0.05, 0) is 38.5 Å². The van der Waals surface area contributed by atoms with Crippen LogP contribution < -0.4 is 4.90 Å². The molecule has 2 aromatic heterocycles. The summed E-state index contributed by atoms with van der Waals surface area (Å²) in [7, 11) is 0. The molecular formula is C19H23N3O2. The van der Waals surface area contributed by atoms with Gasteiger partial charge in [0.05, 0.1) is 25.1 Å². The largest absolute Gasteiger partial charge is 0.378 e. The lowest BCUT2D eigenvalue weighted by Gasteiger charge is -2.28. The second-order valence-corrected chi connectivity index (χ2v) is 6.32. The molecule has 126 valence electrons. The molecule has 1 aliphatic rings. The standard InChI is InChI=1S/C19H23N3O2/c1-13(2)8-15(9-14(3)23)18-12-21-19-17(18)10-16(11-20-19)22-4-6-24-7-5-22/h8-12H,4-7H2,1-3H3,(H,20,21)/b15-9+. The van der Waals surface area contributed by atoms with E-state index in [-0.39, 0.29) is 5.78 Å². The number of morpholine rings is 1. The molecule has 0 spiro atoms. The van der Waals surface area contributed by atoms with Gasteiger partial charge in [-0.2, -0.15) is 0 Å². The van der Waals surface area contributed by atoms with E-state index in [9.17, 15) is 4.79 Å². The highest BCUT2D eigenvalue weighted by Gasteiger charge is 2.15. The van der Waals surface area contributed by atoms with Crippen molar-refractivity contribution >= 4 is 28.1 Å². The monoisotopic (exact) mass is 325 g/mol. The van der Waals surface area contributed by atoms with E-state index in [1.165, 1.54) is 0 Å². The number of pyridine rings is 1. The molecule has 0 saturated carbocycles. The number of carbonyl (C=O) groups excluding carboxylic acids is 1. The summed E-state index contributed by atoms with van der Waals surface area (Å²) in [6, 6.07) is 2.15. The Hall–Kier alpha value is -2.40. The number of fused-ring (bicyclic) bond motifs is 1. The van der Waals surface area contributed by atoms with Crippen LogP contribution in [0.5, 0.6) is 0 Å². The summed E-state index contributed by atoms with van der Waals surface area (Å²) in [5.74, 6) is 0.0362. The fraction of sp³-hybridized carbons (Fsp3) is 0.368. The Morgan fingerprint density at radius 3 is 2.67 bits per heavy atom. The van der Waals surface area contributed by atoms with E-state index in [2.05, 4.69) is 20.9 Å².